The second-order valence-electron chi connectivity index (χ2n) is 6.84. The van der Waals surface area contributed by atoms with Gasteiger partial charge in [0, 0.05) is 24.2 Å². The van der Waals surface area contributed by atoms with E-state index < -0.39 is 7.79 Å². The van der Waals surface area contributed by atoms with Gasteiger partial charge in [-0.25, -0.2) is 4.89 Å². The van der Waals surface area contributed by atoms with Crippen molar-refractivity contribution >= 4 is 7.79 Å². The second kappa shape index (κ2) is 9.63. The van der Waals surface area contributed by atoms with Gasteiger partial charge in [-0.2, -0.15) is 5.26 Å². The summed E-state index contributed by atoms with van der Waals surface area (Å²) in [7, 11) is -2.48. The molecule has 0 saturated heterocycles. The molecular weight excluding hydrogens is 293 g/mol. The van der Waals surface area contributed by atoms with Crippen molar-refractivity contribution < 1.29 is 4.89 Å². The largest absolute Gasteiger partial charge is 0.290 e. The first-order chi connectivity index (χ1) is 10.1. The minimum Gasteiger partial charge on any atom is -0.213 e. The fraction of sp³-hybridized carbons (Fsp3) is 0.824. The van der Waals surface area contributed by atoms with Gasteiger partial charge in [-0.1, -0.05) is 6.08 Å². The van der Waals surface area contributed by atoms with Crippen LogP contribution in [0.1, 0.15) is 61.8 Å². The number of hydrogen-bond acceptors (Lipinski definition) is 4. The molecule has 0 rings (SSSR count). The molecule has 0 aliphatic heterocycles. The van der Waals surface area contributed by atoms with E-state index in [-0.39, 0.29) is 24.2 Å². The van der Waals surface area contributed by atoms with Crippen LogP contribution in [-0.2, 0) is 0 Å². The van der Waals surface area contributed by atoms with Gasteiger partial charge in [-0.3, -0.25) is 0 Å². The molecule has 0 bridgehead atoms. The molecule has 5 heteroatoms. The Morgan fingerprint density at radius 2 is 1.23 bits per heavy atom. The van der Waals surface area contributed by atoms with E-state index in [2.05, 4.69) is 70.8 Å². The number of nitriles is 1. The molecule has 0 fully saturated rings. The van der Waals surface area contributed by atoms with E-state index in [1.165, 1.54) is 0 Å². The zero-order valence-corrected chi connectivity index (χ0v) is 16.5. The molecule has 0 saturated carbocycles. The highest BCUT2D eigenvalue weighted by atomic mass is 31.2. The summed E-state index contributed by atoms with van der Waals surface area (Å²) in [6.45, 7) is 17.1. The zero-order valence-electron chi connectivity index (χ0n) is 15.6. The monoisotopic (exact) mass is 328 g/mol. The molecule has 128 valence electrons. The lowest BCUT2D eigenvalue weighted by molar-refractivity contribution is 0.205. The molecule has 0 aromatic carbocycles. The summed E-state index contributed by atoms with van der Waals surface area (Å²) in [6, 6.07) is 3.19. The molecule has 0 radical (unpaired) electrons. The van der Waals surface area contributed by atoms with Crippen LogP contribution in [0.15, 0.2) is 12.2 Å². The average molecular weight is 328 g/mol. The number of allylic oxidation sites excluding steroid dienone is 2. The predicted molar refractivity (Wildman–Crippen MR) is 97.6 cm³/mol. The maximum absolute atomic E-state index is 11.7. The van der Waals surface area contributed by atoms with Gasteiger partial charge in [-0.15, -0.1) is 9.34 Å². The molecule has 0 aliphatic rings. The summed E-state index contributed by atoms with van der Waals surface area (Å²) in [5.74, 6) is 0. The highest BCUT2D eigenvalue weighted by molar-refractivity contribution is 7.65. The first kappa shape index (κ1) is 21.5. The molecule has 0 aromatic rings. The average Bonchev–Trinajstić information content (AvgIpc) is 2.32. The van der Waals surface area contributed by atoms with Gasteiger partial charge in [0.15, 0.2) is 0 Å². The summed E-state index contributed by atoms with van der Waals surface area (Å²) < 4.78 is 4.54. The van der Waals surface area contributed by atoms with Gasteiger partial charge in [0.1, 0.15) is 6.16 Å². The van der Waals surface area contributed by atoms with E-state index in [0.717, 1.165) is 0 Å². The van der Waals surface area contributed by atoms with E-state index in [9.17, 15) is 4.89 Å². The van der Waals surface area contributed by atoms with Gasteiger partial charge in [0.25, 0.3) is 7.79 Å². The van der Waals surface area contributed by atoms with Crippen LogP contribution in [-0.4, -0.2) is 44.6 Å². The van der Waals surface area contributed by atoms with Crippen LogP contribution in [0.5, 0.6) is 0 Å². The molecule has 0 heterocycles. The van der Waals surface area contributed by atoms with Gasteiger partial charge >= 0.3 is 0 Å². The molecule has 0 atom stereocenters. The third-order valence-electron chi connectivity index (χ3n) is 3.58. The zero-order chi connectivity index (χ0) is 17.5. The number of rotatable bonds is 9. The maximum Gasteiger partial charge on any atom is 0.290 e. The van der Waals surface area contributed by atoms with Gasteiger partial charge in [-0.05, 0) is 61.5 Å². The lowest BCUT2D eigenvalue weighted by Crippen LogP contribution is -2.48. The Morgan fingerprint density at radius 3 is 1.50 bits per heavy atom. The number of nitrogens with zero attached hydrogens (tertiary/aromatic N) is 3. The third kappa shape index (κ3) is 5.63. The maximum atomic E-state index is 11.7. The van der Waals surface area contributed by atoms with Crippen molar-refractivity contribution in [1.29, 1.82) is 5.26 Å². The van der Waals surface area contributed by atoms with Gasteiger partial charge in [0.05, 0.1) is 12.5 Å². The molecule has 0 unspecified atom stereocenters. The van der Waals surface area contributed by atoms with Crippen molar-refractivity contribution in [3.05, 3.63) is 12.2 Å². The van der Waals surface area contributed by atoms with Crippen LogP contribution < -0.4 is 0 Å². The lowest BCUT2D eigenvalue weighted by atomic mass is 10.3. The summed E-state index contributed by atoms with van der Waals surface area (Å²) in [5.41, 5.74) is 0. The first-order valence-corrected chi connectivity index (χ1v) is 10.1. The van der Waals surface area contributed by atoms with Crippen molar-refractivity contribution in [1.82, 2.24) is 9.34 Å². The Kier molecular flexibility index (Phi) is 9.43. The standard InChI is InChI=1S/C17H35N3OP/c1-14(2)19(15(3)4)22(21,13-11-9-10-12-18)20(16(5)6)17(7)8/h9,11,14-17,21H,10,13H2,1-8H3/q+1. The Labute approximate surface area is 138 Å². The van der Waals surface area contributed by atoms with Crippen molar-refractivity contribution in [2.24, 2.45) is 0 Å². The van der Waals surface area contributed by atoms with E-state index in [0.29, 0.717) is 12.6 Å². The Balaban J connectivity index is 5.76. The summed E-state index contributed by atoms with van der Waals surface area (Å²) in [4.78, 5) is 11.7. The topological polar surface area (TPSA) is 50.5 Å². The lowest BCUT2D eigenvalue weighted by Gasteiger charge is -2.44. The van der Waals surface area contributed by atoms with E-state index >= 15 is 0 Å². The van der Waals surface area contributed by atoms with Crippen LogP contribution in [0.2, 0.25) is 0 Å². The minimum atomic E-state index is -2.48. The summed E-state index contributed by atoms with van der Waals surface area (Å²) in [6.07, 6.45) is 4.84. The van der Waals surface area contributed by atoms with Gasteiger partial charge in [0.2, 0.25) is 0 Å². The molecule has 0 amide bonds. The van der Waals surface area contributed by atoms with E-state index in [1.807, 2.05) is 12.2 Å². The smallest absolute Gasteiger partial charge is 0.213 e. The van der Waals surface area contributed by atoms with Crippen molar-refractivity contribution in [2.45, 2.75) is 86.0 Å². The molecule has 0 aromatic heterocycles. The van der Waals surface area contributed by atoms with Gasteiger partial charge < -0.3 is 0 Å². The Morgan fingerprint density at radius 1 is 0.864 bits per heavy atom. The van der Waals surface area contributed by atoms with Crippen LogP contribution in [0, 0.1) is 11.3 Å². The van der Waals surface area contributed by atoms with E-state index in [4.69, 9.17) is 5.26 Å². The molecule has 0 aliphatic carbocycles. The van der Waals surface area contributed by atoms with Crippen LogP contribution in [0.4, 0.5) is 0 Å². The highest BCUT2D eigenvalue weighted by Crippen LogP contribution is 2.64. The fourth-order valence-electron chi connectivity index (χ4n) is 3.33. The second-order valence-corrected chi connectivity index (χ2v) is 9.52. The van der Waals surface area contributed by atoms with Crippen LogP contribution in [0.25, 0.3) is 0 Å². The van der Waals surface area contributed by atoms with Crippen molar-refractivity contribution in [3.63, 3.8) is 0 Å². The van der Waals surface area contributed by atoms with Crippen molar-refractivity contribution in [2.75, 3.05) is 6.16 Å². The first-order valence-electron chi connectivity index (χ1n) is 8.29. The van der Waals surface area contributed by atoms with E-state index in [1.54, 1.807) is 0 Å². The Hall–Kier alpha value is -0.460. The molecule has 0 spiro atoms. The quantitative estimate of drug-likeness (QED) is 0.502. The minimum absolute atomic E-state index is 0.266. The molecular formula is C17H35N3OP+. The van der Waals surface area contributed by atoms with Crippen LogP contribution in [0.3, 0.4) is 0 Å². The highest BCUT2D eigenvalue weighted by Gasteiger charge is 2.53. The normalized spacial score (nSPS) is 13.5. The molecule has 22 heavy (non-hydrogen) atoms. The summed E-state index contributed by atoms with van der Waals surface area (Å²) in [5, 5.41) is 8.69. The third-order valence-corrected chi connectivity index (χ3v) is 7.61. The SMILES string of the molecule is CC(C)N(C(C)C)[P+](O)(CC=CCC#N)N(C(C)C)C(C)C. The Bertz CT molecular complexity index is 350. The number of hydrogen-bond donors (Lipinski definition) is 1. The molecule has 1 N–H and O–H groups in total. The van der Waals surface area contributed by atoms with Crippen LogP contribution >= 0.6 is 7.79 Å². The van der Waals surface area contributed by atoms with Crippen molar-refractivity contribution in [3.8, 4) is 6.07 Å². The molecule has 4 nitrogen and oxygen atoms in total. The summed E-state index contributed by atoms with van der Waals surface area (Å²) >= 11 is 0. The predicted octanol–water partition coefficient (Wildman–Crippen LogP) is 4.45. The fourth-order valence-corrected chi connectivity index (χ4v) is 7.34.